The molecule has 126 valence electrons. The highest BCUT2D eigenvalue weighted by Crippen LogP contribution is 2.22. The van der Waals surface area contributed by atoms with Crippen LogP contribution in [-0.4, -0.2) is 43.0 Å². The maximum Gasteiger partial charge on any atom is 0.251 e. The van der Waals surface area contributed by atoms with E-state index in [0.717, 1.165) is 18.6 Å². The maximum atomic E-state index is 12.1. The Hall–Kier alpha value is -2.04. The Morgan fingerprint density at radius 2 is 1.83 bits per heavy atom. The Morgan fingerprint density at radius 3 is 2.39 bits per heavy atom. The molecule has 0 unspecified atom stereocenters. The van der Waals surface area contributed by atoms with Gasteiger partial charge in [0.2, 0.25) is 5.91 Å². The number of hydrogen-bond donors (Lipinski definition) is 1. The van der Waals surface area contributed by atoms with Crippen molar-refractivity contribution in [1.29, 1.82) is 0 Å². The van der Waals surface area contributed by atoms with E-state index in [4.69, 9.17) is 4.74 Å². The van der Waals surface area contributed by atoms with Gasteiger partial charge in [-0.05, 0) is 37.1 Å². The lowest BCUT2D eigenvalue weighted by atomic mass is 9.94. The number of carbonyl (C=O) groups is 2. The van der Waals surface area contributed by atoms with Crippen LogP contribution in [0.1, 0.15) is 49.4 Å². The number of nitrogens with zero attached hydrogens (tertiary/aromatic N) is 1. The van der Waals surface area contributed by atoms with Gasteiger partial charge in [0.1, 0.15) is 5.75 Å². The summed E-state index contributed by atoms with van der Waals surface area (Å²) in [5.74, 6) is 0.692. The second-order valence-corrected chi connectivity index (χ2v) is 5.99. The first kappa shape index (κ1) is 17.3. The van der Waals surface area contributed by atoms with E-state index in [9.17, 15) is 9.59 Å². The van der Waals surface area contributed by atoms with Crippen molar-refractivity contribution in [1.82, 2.24) is 10.2 Å². The highest BCUT2D eigenvalue weighted by Gasteiger charge is 2.22. The van der Waals surface area contributed by atoms with Crippen LogP contribution in [0.15, 0.2) is 24.3 Å². The fraction of sp³-hybridized carbons (Fsp3) is 0.556. The number of ether oxygens (including phenoxy) is 1. The molecule has 0 bridgehead atoms. The number of methoxy groups -OCH3 is 1. The van der Waals surface area contributed by atoms with Gasteiger partial charge < -0.3 is 15.0 Å². The molecule has 0 aromatic heterocycles. The van der Waals surface area contributed by atoms with Crippen LogP contribution in [0.4, 0.5) is 0 Å². The van der Waals surface area contributed by atoms with Crippen molar-refractivity contribution >= 4 is 11.8 Å². The number of carbonyl (C=O) groups excluding carboxylic acids is 2. The van der Waals surface area contributed by atoms with E-state index in [1.54, 1.807) is 38.3 Å². The lowest BCUT2D eigenvalue weighted by Gasteiger charge is -2.33. The molecule has 1 aliphatic rings. The van der Waals surface area contributed by atoms with Crippen molar-refractivity contribution in [2.24, 2.45) is 0 Å². The van der Waals surface area contributed by atoms with Gasteiger partial charge in [-0.25, -0.2) is 0 Å². The summed E-state index contributed by atoms with van der Waals surface area (Å²) >= 11 is 0. The van der Waals surface area contributed by atoms with E-state index >= 15 is 0 Å². The predicted molar refractivity (Wildman–Crippen MR) is 89.6 cm³/mol. The third kappa shape index (κ3) is 4.98. The molecule has 1 saturated carbocycles. The van der Waals surface area contributed by atoms with Crippen LogP contribution in [0.3, 0.4) is 0 Å². The number of nitrogens with one attached hydrogen (secondary N) is 1. The summed E-state index contributed by atoms with van der Waals surface area (Å²) in [6.45, 7) is 2.66. The molecule has 2 amide bonds. The van der Waals surface area contributed by atoms with Crippen molar-refractivity contribution in [3.8, 4) is 5.75 Å². The normalized spacial score (nSPS) is 15.0. The predicted octanol–water partition coefficient (Wildman–Crippen LogP) is 2.61. The van der Waals surface area contributed by atoms with Gasteiger partial charge in [0.15, 0.2) is 0 Å². The van der Waals surface area contributed by atoms with Crippen LogP contribution in [0, 0.1) is 0 Å². The van der Waals surface area contributed by atoms with Crippen molar-refractivity contribution in [3.63, 3.8) is 0 Å². The van der Waals surface area contributed by atoms with Gasteiger partial charge in [0, 0.05) is 31.6 Å². The lowest BCUT2D eigenvalue weighted by Crippen LogP contribution is -2.44. The molecular formula is C18H26N2O3. The van der Waals surface area contributed by atoms with Gasteiger partial charge in [0.05, 0.1) is 7.11 Å². The van der Waals surface area contributed by atoms with Crippen LogP contribution in [0.2, 0.25) is 0 Å². The third-order valence-corrected chi connectivity index (χ3v) is 4.41. The molecule has 0 spiro atoms. The number of benzene rings is 1. The molecule has 1 aromatic carbocycles. The highest BCUT2D eigenvalue weighted by molar-refractivity contribution is 5.94. The van der Waals surface area contributed by atoms with Crippen LogP contribution in [0.5, 0.6) is 5.75 Å². The summed E-state index contributed by atoms with van der Waals surface area (Å²) in [4.78, 5) is 25.9. The Morgan fingerprint density at radius 1 is 1.17 bits per heavy atom. The SMILES string of the molecule is COc1ccc(C(=O)NCCN(C(C)=O)C2CCCCC2)cc1. The van der Waals surface area contributed by atoms with Crippen molar-refractivity contribution < 1.29 is 14.3 Å². The first-order chi connectivity index (χ1) is 11.1. The molecule has 1 N–H and O–H groups in total. The molecule has 5 nitrogen and oxygen atoms in total. The molecule has 5 heteroatoms. The third-order valence-electron chi connectivity index (χ3n) is 4.41. The summed E-state index contributed by atoms with van der Waals surface area (Å²) in [6.07, 6.45) is 5.79. The highest BCUT2D eigenvalue weighted by atomic mass is 16.5. The average molecular weight is 318 g/mol. The average Bonchev–Trinajstić information content (AvgIpc) is 2.59. The molecule has 1 fully saturated rings. The number of rotatable bonds is 6. The van der Waals surface area contributed by atoms with Gasteiger partial charge in [-0.2, -0.15) is 0 Å². The lowest BCUT2D eigenvalue weighted by molar-refractivity contribution is -0.131. The van der Waals surface area contributed by atoms with Crippen LogP contribution in [-0.2, 0) is 4.79 Å². The second kappa shape index (κ2) is 8.56. The van der Waals surface area contributed by atoms with E-state index in [1.807, 2.05) is 4.90 Å². The zero-order chi connectivity index (χ0) is 16.7. The number of hydrogen-bond acceptors (Lipinski definition) is 3. The molecule has 2 rings (SSSR count). The molecule has 0 heterocycles. The number of amides is 2. The minimum atomic E-state index is -0.125. The molecule has 0 atom stereocenters. The monoisotopic (exact) mass is 318 g/mol. The van der Waals surface area contributed by atoms with Crippen molar-refractivity contribution in [3.05, 3.63) is 29.8 Å². The minimum Gasteiger partial charge on any atom is -0.497 e. The van der Waals surface area contributed by atoms with E-state index in [1.165, 1.54) is 19.3 Å². The first-order valence-corrected chi connectivity index (χ1v) is 8.31. The summed E-state index contributed by atoms with van der Waals surface area (Å²) in [5, 5.41) is 2.89. The van der Waals surface area contributed by atoms with E-state index in [0.29, 0.717) is 24.7 Å². The molecule has 1 aromatic rings. The summed E-state index contributed by atoms with van der Waals surface area (Å²) < 4.78 is 5.08. The van der Waals surface area contributed by atoms with Gasteiger partial charge in [-0.3, -0.25) is 9.59 Å². The standard InChI is InChI=1S/C18H26N2O3/c1-14(21)20(16-6-4-3-5-7-16)13-12-19-18(22)15-8-10-17(23-2)11-9-15/h8-11,16H,3-7,12-13H2,1-2H3,(H,19,22). The summed E-state index contributed by atoms with van der Waals surface area (Å²) in [7, 11) is 1.59. The van der Waals surface area contributed by atoms with Crippen LogP contribution in [0.25, 0.3) is 0 Å². The Labute approximate surface area is 138 Å². The summed E-state index contributed by atoms with van der Waals surface area (Å²) in [5.41, 5.74) is 0.595. The smallest absolute Gasteiger partial charge is 0.251 e. The second-order valence-electron chi connectivity index (χ2n) is 5.99. The van der Waals surface area contributed by atoms with Gasteiger partial charge in [-0.1, -0.05) is 19.3 Å². The molecule has 0 saturated heterocycles. The molecule has 23 heavy (non-hydrogen) atoms. The van der Waals surface area contributed by atoms with E-state index in [2.05, 4.69) is 5.32 Å². The summed E-state index contributed by atoms with van der Waals surface area (Å²) in [6, 6.07) is 7.33. The molecule has 0 aliphatic heterocycles. The Bertz CT molecular complexity index is 522. The maximum absolute atomic E-state index is 12.1. The zero-order valence-electron chi connectivity index (χ0n) is 14.0. The molecule has 1 aliphatic carbocycles. The van der Waals surface area contributed by atoms with E-state index < -0.39 is 0 Å². The Balaban J connectivity index is 1.83. The molecular weight excluding hydrogens is 292 g/mol. The largest absolute Gasteiger partial charge is 0.497 e. The fourth-order valence-electron chi connectivity index (χ4n) is 3.12. The quantitative estimate of drug-likeness (QED) is 0.877. The zero-order valence-corrected chi connectivity index (χ0v) is 14.0. The Kier molecular flexibility index (Phi) is 6.44. The topological polar surface area (TPSA) is 58.6 Å². The molecule has 0 radical (unpaired) electrons. The fourth-order valence-corrected chi connectivity index (χ4v) is 3.12. The first-order valence-electron chi connectivity index (χ1n) is 8.31. The van der Waals surface area contributed by atoms with Gasteiger partial charge in [0.25, 0.3) is 5.91 Å². The van der Waals surface area contributed by atoms with Gasteiger partial charge in [-0.15, -0.1) is 0 Å². The van der Waals surface area contributed by atoms with Gasteiger partial charge >= 0.3 is 0 Å². The van der Waals surface area contributed by atoms with Crippen LogP contribution < -0.4 is 10.1 Å². The minimum absolute atomic E-state index is 0.0931. The van der Waals surface area contributed by atoms with Crippen molar-refractivity contribution in [2.75, 3.05) is 20.2 Å². The van der Waals surface area contributed by atoms with Crippen LogP contribution >= 0.6 is 0 Å². The van der Waals surface area contributed by atoms with E-state index in [-0.39, 0.29) is 11.8 Å². The van der Waals surface area contributed by atoms with Crippen molar-refractivity contribution in [2.45, 2.75) is 45.1 Å².